The average molecular weight is 227 g/mol. The number of thioether (sulfide) groups is 1. The van der Waals surface area contributed by atoms with Crippen LogP contribution in [0.5, 0.6) is 0 Å². The fraction of sp³-hybridized carbons (Fsp3) is 0.700. The van der Waals surface area contributed by atoms with E-state index in [1.807, 2.05) is 29.6 Å². The van der Waals surface area contributed by atoms with Crippen molar-refractivity contribution in [3.63, 3.8) is 0 Å². The molecule has 2 rings (SSSR count). The van der Waals surface area contributed by atoms with Crippen LogP contribution in [0.4, 0.5) is 0 Å². The van der Waals surface area contributed by atoms with Crippen molar-refractivity contribution >= 4 is 11.8 Å². The highest BCUT2D eigenvalue weighted by molar-refractivity contribution is 7.99. The van der Waals surface area contributed by atoms with Crippen molar-refractivity contribution in [3.05, 3.63) is 18.2 Å². The highest BCUT2D eigenvalue weighted by Gasteiger charge is 2.29. The zero-order chi connectivity index (χ0) is 10.8. The zero-order valence-corrected chi connectivity index (χ0v) is 9.94. The van der Waals surface area contributed by atoms with Gasteiger partial charge in [0.1, 0.15) is 11.9 Å². The number of hydrogen-bond donors (Lipinski definition) is 1. The van der Waals surface area contributed by atoms with Gasteiger partial charge in [-0.2, -0.15) is 11.8 Å². The van der Waals surface area contributed by atoms with Gasteiger partial charge < -0.3 is 9.67 Å². The first kappa shape index (κ1) is 11.0. The largest absolute Gasteiger partial charge is 0.383 e. The molecular formula is C10H17N3OS. The van der Waals surface area contributed by atoms with Gasteiger partial charge in [0.25, 0.3) is 0 Å². The number of hydrogen-bond acceptors (Lipinski definition) is 4. The fourth-order valence-electron chi connectivity index (χ4n) is 1.87. The first-order valence-corrected chi connectivity index (χ1v) is 6.29. The number of nitrogens with zero attached hydrogens (tertiary/aromatic N) is 3. The van der Waals surface area contributed by atoms with Crippen molar-refractivity contribution in [2.24, 2.45) is 7.05 Å². The van der Waals surface area contributed by atoms with Crippen LogP contribution in [0.1, 0.15) is 11.9 Å². The first-order chi connectivity index (χ1) is 7.20. The topological polar surface area (TPSA) is 41.3 Å². The normalized spacial score (nSPS) is 25.4. The molecule has 1 aliphatic rings. The van der Waals surface area contributed by atoms with E-state index in [4.69, 9.17) is 0 Å². The lowest BCUT2D eigenvalue weighted by molar-refractivity contribution is 0.0671. The molecule has 0 saturated carbocycles. The van der Waals surface area contributed by atoms with Crippen LogP contribution in [0.15, 0.2) is 12.4 Å². The third kappa shape index (κ3) is 2.19. The van der Waals surface area contributed by atoms with Crippen molar-refractivity contribution in [1.82, 2.24) is 14.5 Å². The van der Waals surface area contributed by atoms with E-state index in [1.165, 1.54) is 0 Å². The summed E-state index contributed by atoms with van der Waals surface area (Å²) in [6, 6.07) is 0.185. The van der Waals surface area contributed by atoms with Gasteiger partial charge in [0, 0.05) is 37.5 Å². The molecule has 0 bridgehead atoms. The number of aliphatic hydroxyl groups is 1. The summed E-state index contributed by atoms with van der Waals surface area (Å²) in [6.07, 6.45) is 3.12. The average Bonchev–Trinajstić information content (AvgIpc) is 2.64. The van der Waals surface area contributed by atoms with E-state index in [2.05, 4.69) is 16.9 Å². The second-order valence-electron chi connectivity index (χ2n) is 3.96. The Morgan fingerprint density at radius 2 is 2.40 bits per heavy atom. The summed E-state index contributed by atoms with van der Waals surface area (Å²) in [6.45, 7) is 1.04. The van der Waals surface area contributed by atoms with E-state index in [9.17, 15) is 5.11 Å². The second-order valence-corrected chi connectivity index (χ2v) is 5.11. The number of rotatable bonds is 2. The molecule has 15 heavy (non-hydrogen) atoms. The summed E-state index contributed by atoms with van der Waals surface area (Å²) < 4.78 is 1.89. The van der Waals surface area contributed by atoms with Crippen LogP contribution in [0.2, 0.25) is 0 Å². The Bertz CT molecular complexity index is 328. The zero-order valence-electron chi connectivity index (χ0n) is 9.13. The molecule has 0 aromatic carbocycles. The molecule has 0 amide bonds. The number of likely N-dealkylation sites (N-methyl/N-ethyl adjacent to an activating group) is 1. The monoisotopic (exact) mass is 227 g/mol. The third-order valence-corrected chi connectivity index (χ3v) is 3.98. The number of aliphatic hydroxyl groups excluding tert-OH is 1. The van der Waals surface area contributed by atoms with Crippen molar-refractivity contribution in [2.45, 2.75) is 12.1 Å². The summed E-state index contributed by atoms with van der Waals surface area (Å²) in [5.74, 6) is 2.89. The van der Waals surface area contributed by atoms with Gasteiger partial charge in [-0.3, -0.25) is 4.90 Å². The lowest BCUT2D eigenvalue weighted by atomic mass is 10.1. The van der Waals surface area contributed by atoms with E-state index in [0.717, 1.165) is 23.9 Å². The summed E-state index contributed by atoms with van der Waals surface area (Å²) in [4.78, 5) is 6.42. The number of aromatic nitrogens is 2. The molecule has 1 saturated heterocycles. The van der Waals surface area contributed by atoms with Crippen molar-refractivity contribution in [1.29, 1.82) is 0 Å². The maximum atomic E-state index is 10.2. The molecule has 5 heteroatoms. The van der Waals surface area contributed by atoms with E-state index in [0.29, 0.717) is 0 Å². The van der Waals surface area contributed by atoms with Gasteiger partial charge in [-0.25, -0.2) is 4.98 Å². The summed E-state index contributed by atoms with van der Waals surface area (Å²) in [5.41, 5.74) is 0. The highest BCUT2D eigenvalue weighted by atomic mass is 32.2. The Balaban J connectivity index is 2.13. The Hall–Kier alpha value is -0.520. The minimum atomic E-state index is -0.484. The Morgan fingerprint density at radius 1 is 1.60 bits per heavy atom. The standard InChI is InChI=1S/C10H17N3OS/c1-12-5-6-15-7-8(12)9(14)10-11-3-4-13(10)2/h3-4,8-9,14H,5-7H2,1-2H3. The Labute approximate surface area is 94.3 Å². The van der Waals surface area contributed by atoms with Crippen LogP contribution < -0.4 is 0 Å². The van der Waals surface area contributed by atoms with Crippen LogP contribution >= 0.6 is 11.8 Å². The summed E-state index contributed by atoms with van der Waals surface area (Å²) in [5, 5.41) is 10.2. The van der Waals surface area contributed by atoms with Gasteiger partial charge in [-0.1, -0.05) is 0 Å². The van der Waals surface area contributed by atoms with Crippen LogP contribution in [0.3, 0.4) is 0 Å². The van der Waals surface area contributed by atoms with Gasteiger partial charge in [-0.15, -0.1) is 0 Å². The number of imidazole rings is 1. The van der Waals surface area contributed by atoms with Gasteiger partial charge in [0.2, 0.25) is 0 Å². The van der Waals surface area contributed by atoms with Crippen LogP contribution in [0, 0.1) is 0 Å². The van der Waals surface area contributed by atoms with E-state index < -0.39 is 6.10 Å². The SMILES string of the molecule is CN1CCSCC1C(O)c1nccn1C. The fourth-order valence-corrected chi connectivity index (χ4v) is 3.13. The molecule has 2 atom stereocenters. The van der Waals surface area contributed by atoms with Crippen LogP contribution in [-0.4, -0.2) is 50.7 Å². The number of aryl methyl sites for hydroxylation is 1. The molecule has 1 fully saturated rings. The van der Waals surface area contributed by atoms with E-state index in [1.54, 1.807) is 6.20 Å². The van der Waals surface area contributed by atoms with Crippen LogP contribution in [0.25, 0.3) is 0 Å². The van der Waals surface area contributed by atoms with Crippen molar-refractivity contribution < 1.29 is 5.11 Å². The molecule has 0 aliphatic carbocycles. The molecule has 1 aliphatic heterocycles. The maximum absolute atomic E-state index is 10.2. The maximum Gasteiger partial charge on any atom is 0.139 e. The molecule has 4 nitrogen and oxygen atoms in total. The lowest BCUT2D eigenvalue weighted by Crippen LogP contribution is -2.43. The minimum Gasteiger partial charge on any atom is -0.383 e. The molecule has 1 aromatic rings. The Morgan fingerprint density at radius 3 is 3.00 bits per heavy atom. The lowest BCUT2D eigenvalue weighted by Gasteiger charge is -2.34. The molecule has 1 aromatic heterocycles. The molecule has 2 heterocycles. The molecule has 2 unspecified atom stereocenters. The Kier molecular flexibility index (Phi) is 3.33. The van der Waals surface area contributed by atoms with E-state index in [-0.39, 0.29) is 6.04 Å². The molecule has 0 radical (unpaired) electrons. The molecular weight excluding hydrogens is 210 g/mol. The molecule has 1 N–H and O–H groups in total. The summed E-state index contributed by atoms with van der Waals surface area (Å²) >= 11 is 1.90. The van der Waals surface area contributed by atoms with Gasteiger partial charge in [0.05, 0.1) is 6.04 Å². The second kappa shape index (κ2) is 4.55. The first-order valence-electron chi connectivity index (χ1n) is 5.13. The quantitative estimate of drug-likeness (QED) is 0.799. The van der Waals surface area contributed by atoms with Crippen molar-refractivity contribution in [2.75, 3.05) is 25.1 Å². The smallest absolute Gasteiger partial charge is 0.139 e. The molecule has 84 valence electrons. The highest BCUT2D eigenvalue weighted by Crippen LogP contribution is 2.25. The van der Waals surface area contributed by atoms with Gasteiger partial charge in [-0.05, 0) is 7.05 Å². The predicted molar refractivity (Wildman–Crippen MR) is 61.9 cm³/mol. The van der Waals surface area contributed by atoms with Crippen molar-refractivity contribution in [3.8, 4) is 0 Å². The summed E-state index contributed by atoms with van der Waals surface area (Å²) in [7, 11) is 3.98. The van der Waals surface area contributed by atoms with Crippen LogP contribution in [-0.2, 0) is 7.05 Å². The predicted octanol–water partition coefficient (Wildman–Crippen LogP) is 0.501. The van der Waals surface area contributed by atoms with Gasteiger partial charge in [0.15, 0.2) is 0 Å². The van der Waals surface area contributed by atoms with E-state index >= 15 is 0 Å². The third-order valence-electron chi connectivity index (χ3n) is 2.93. The van der Waals surface area contributed by atoms with Gasteiger partial charge >= 0.3 is 0 Å². The minimum absolute atomic E-state index is 0.185. The molecule has 0 spiro atoms.